The zero-order chi connectivity index (χ0) is 21.8. The van der Waals surface area contributed by atoms with Crippen LogP contribution in [0.2, 0.25) is 0 Å². The first kappa shape index (κ1) is 20.5. The lowest BCUT2D eigenvalue weighted by Crippen LogP contribution is -1.87. The SMILES string of the molecule is COc1ccc(-c2nc3cc(N=C/C=C/c4cccc([N+](=O)[O-])c4)ccc3o2)cc1Br. The van der Waals surface area contributed by atoms with Crippen LogP contribution in [0.15, 0.2) is 80.6 Å². The Morgan fingerprint density at radius 3 is 2.81 bits per heavy atom. The number of nitrogens with zero attached hydrogens (tertiary/aromatic N) is 3. The van der Waals surface area contributed by atoms with E-state index in [1.54, 1.807) is 37.6 Å². The third-order valence-electron chi connectivity index (χ3n) is 4.45. The molecule has 0 amide bonds. The number of fused-ring (bicyclic) bond motifs is 1. The summed E-state index contributed by atoms with van der Waals surface area (Å²) >= 11 is 3.47. The maximum atomic E-state index is 10.8. The summed E-state index contributed by atoms with van der Waals surface area (Å²) in [5, 5.41) is 10.8. The number of hydrogen-bond donors (Lipinski definition) is 0. The number of ether oxygens (including phenoxy) is 1. The van der Waals surface area contributed by atoms with E-state index in [0.717, 1.165) is 21.3 Å². The predicted molar refractivity (Wildman–Crippen MR) is 124 cm³/mol. The van der Waals surface area contributed by atoms with E-state index < -0.39 is 4.92 Å². The highest BCUT2D eigenvalue weighted by atomic mass is 79.9. The summed E-state index contributed by atoms with van der Waals surface area (Å²) in [6.07, 6.45) is 5.11. The lowest BCUT2D eigenvalue weighted by molar-refractivity contribution is -0.384. The lowest BCUT2D eigenvalue weighted by Gasteiger charge is -2.03. The van der Waals surface area contributed by atoms with E-state index in [9.17, 15) is 10.1 Å². The molecule has 154 valence electrons. The fourth-order valence-electron chi connectivity index (χ4n) is 2.94. The number of methoxy groups -OCH3 is 1. The summed E-state index contributed by atoms with van der Waals surface area (Å²) in [5.41, 5.74) is 3.67. The Morgan fingerprint density at radius 1 is 1.16 bits per heavy atom. The topological polar surface area (TPSA) is 90.8 Å². The number of non-ortho nitro benzene ring substituents is 1. The number of oxazole rings is 1. The number of benzene rings is 3. The van der Waals surface area contributed by atoms with Crippen molar-refractivity contribution in [3.8, 4) is 17.2 Å². The molecule has 0 atom stereocenters. The predicted octanol–water partition coefficient (Wildman–Crippen LogP) is 6.59. The second kappa shape index (κ2) is 8.93. The van der Waals surface area contributed by atoms with Crippen molar-refractivity contribution in [1.82, 2.24) is 4.98 Å². The summed E-state index contributed by atoms with van der Waals surface area (Å²) in [6.45, 7) is 0. The van der Waals surface area contributed by atoms with Crippen LogP contribution in [0.1, 0.15) is 5.56 Å². The number of rotatable bonds is 6. The van der Waals surface area contributed by atoms with Crippen LogP contribution in [0, 0.1) is 10.1 Å². The third kappa shape index (κ3) is 4.70. The molecule has 1 heterocycles. The van der Waals surface area contributed by atoms with E-state index in [-0.39, 0.29) is 5.69 Å². The van der Waals surface area contributed by atoms with E-state index in [0.29, 0.717) is 22.7 Å². The van der Waals surface area contributed by atoms with Gasteiger partial charge in [-0.05, 0) is 64.0 Å². The fraction of sp³-hybridized carbons (Fsp3) is 0.0435. The van der Waals surface area contributed by atoms with Gasteiger partial charge in [-0.25, -0.2) is 4.98 Å². The largest absolute Gasteiger partial charge is 0.496 e. The molecule has 4 aromatic rings. The lowest BCUT2D eigenvalue weighted by atomic mass is 10.2. The number of allylic oxidation sites excluding steroid dienone is 1. The first-order chi connectivity index (χ1) is 15.0. The minimum atomic E-state index is -0.419. The molecular weight excluding hydrogens is 462 g/mol. The molecule has 0 aliphatic rings. The number of hydrogen-bond acceptors (Lipinski definition) is 6. The highest BCUT2D eigenvalue weighted by Crippen LogP contribution is 2.32. The van der Waals surface area contributed by atoms with Gasteiger partial charge >= 0.3 is 0 Å². The van der Waals surface area contributed by atoms with Crippen molar-refractivity contribution in [2.75, 3.05) is 7.11 Å². The van der Waals surface area contributed by atoms with Crippen molar-refractivity contribution in [3.05, 3.63) is 86.9 Å². The van der Waals surface area contributed by atoms with Crippen molar-refractivity contribution in [1.29, 1.82) is 0 Å². The zero-order valence-corrected chi connectivity index (χ0v) is 17.9. The van der Waals surface area contributed by atoms with Crippen LogP contribution >= 0.6 is 15.9 Å². The van der Waals surface area contributed by atoms with Gasteiger partial charge in [0.05, 0.1) is 22.2 Å². The smallest absolute Gasteiger partial charge is 0.270 e. The van der Waals surface area contributed by atoms with Crippen LogP contribution in [0.5, 0.6) is 5.75 Å². The molecule has 8 heteroatoms. The Kier molecular flexibility index (Phi) is 5.90. The van der Waals surface area contributed by atoms with Crippen molar-refractivity contribution >= 4 is 50.7 Å². The molecule has 0 aliphatic carbocycles. The van der Waals surface area contributed by atoms with Gasteiger partial charge in [-0.2, -0.15) is 0 Å². The van der Waals surface area contributed by atoms with Crippen LogP contribution in [-0.2, 0) is 0 Å². The summed E-state index contributed by atoms with van der Waals surface area (Å²) in [7, 11) is 1.61. The number of nitro groups is 1. The van der Waals surface area contributed by atoms with E-state index >= 15 is 0 Å². The molecule has 0 saturated heterocycles. The normalized spacial score (nSPS) is 11.5. The summed E-state index contributed by atoms with van der Waals surface area (Å²) in [4.78, 5) is 19.4. The Labute approximate surface area is 186 Å². The van der Waals surface area contributed by atoms with Crippen molar-refractivity contribution in [2.24, 2.45) is 4.99 Å². The quantitative estimate of drug-likeness (QED) is 0.177. The monoisotopic (exact) mass is 477 g/mol. The fourth-order valence-corrected chi connectivity index (χ4v) is 3.48. The molecule has 31 heavy (non-hydrogen) atoms. The first-order valence-electron chi connectivity index (χ1n) is 9.23. The molecule has 0 unspecified atom stereocenters. The van der Waals surface area contributed by atoms with Crippen molar-refractivity contribution in [3.63, 3.8) is 0 Å². The van der Waals surface area contributed by atoms with E-state index in [1.807, 2.05) is 36.4 Å². The van der Waals surface area contributed by atoms with Gasteiger partial charge in [-0.1, -0.05) is 18.2 Å². The van der Waals surface area contributed by atoms with E-state index in [1.165, 1.54) is 12.1 Å². The minimum Gasteiger partial charge on any atom is -0.496 e. The minimum absolute atomic E-state index is 0.0512. The Bertz CT molecular complexity index is 1330. The van der Waals surface area contributed by atoms with Crippen molar-refractivity contribution in [2.45, 2.75) is 0 Å². The average Bonchev–Trinajstić information content (AvgIpc) is 3.20. The van der Waals surface area contributed by atoms with Crippen molar-refractivity contribution < 1.29 is 14.1 Å². The van der Waals surface area contributed by atoms with Gasteiger partial charge in [0.25, 0.3) is 5.69 Å². The molecule has 0 saturated carbocycles. The number of aromatic nitrogens is 1. The van der Waals surface area contributed by atoms with Gasteiger partial charge in [-0.3, -0.25) is 15.1 Å². The summed E-state index contributed by atoms with van der Waals surface area (Å²) < 4.78 is 11.9. The van der Waals surface area contributed by atoms with E-state index in [2.05, 4.69) is 25.9 Å². The van der Waals surface area contributed by atoms with Gasteiger partial charge < -0.3 is 9.15 Å². The van der Waals surface area contributed by atoms with Crippen LogP contribution in [0.25, 0.3) is 28.6 Å². The summed E-state index contributed by atoms with van der Waals surface area (Å²) in [6, 6.07) is 17.5. The van der Waals surface area contributed by atoms with Crippen LogP contribution < -0.4 is 4.74 Å². The van der Waals surface area contributed by atoms with Gasteiger partial charge in [0.1, 0.15) is 11.3 Å². The molecular formula is C23H16BrN3O4. The van der Waals surface area contributed by atoms with Gasteiger partial charge in [0, 0.05) is 23.9 Å². The second-order valence-electron chi connectivity index (χ2n) is 6.51. The maximum absolute atomic E-state index is 10.8. The van der Waals surface area contributed by atoms with Gasteiger partial charge in [-0.15, -0.1) is 0 Å². The number of nitro benzene ring substituents is 1. The molecule has 0 bridgehead atoms. The Hall–Kier alpha value is -3.78. The van der Waals surface area contributed by atoms with Gasteiger partial charge in [0.2, 0.25) is 5.89 Å². The van der Waals surface area contributed by atoms with E-state index in [4.69, 9.17) is 9.15 Å². The standard InChI is InChI=1S/C23H16BrN3O4/c1-30-21-9-7-16(13-19(21)24)23-26-20-14-17(8-10-22(20)31-23)25-11-3-5-15-4-2-6-18(12-15)27(28)29/h2-14H,1H3/b5-3+,25-11?. The Balaban J connectivity index is 1.52. The molecule has 0 aliphatic heterocycles. The molecule has 4 rings (SSSR count). The first-order valence-corrected chi connectivity index (χ1v) is 10.0. The number of aliphatic imine (C=N–C) groups is 1. The molecule has 0 fully saturated rings. The molecule has 7 nitrogen and oxygen atoms in total. The average molecular weight is 478 g/mol. The second-order valence-corrected chi connectivity index (χ2v) is 7.36. The maximum Gasteiger partial charge on any atom is 0.270 e. The summed E-state index contributed by atoms with van der Waals surface area (Å²) in [5.74, 6) is 1.24. The van der Waals surface area contributed by atoms with Crippen LogP contribution in [-0.4, -0.2) is 23.2 Å². The molecule has 3 aromatic carbocycles. The number of halogens is 1. The van der Waals surface area contributed by atoms with Gasteiger partial charge in [0.15, 0.2) is 5.58 Å². The zero-order valence-electron chi connectivity index (χ0n) is 16.4. The molecule has 0 N–H and O–H groups in total. The highest BCUT2D eigenvalue weighted by molar-refractivity contribution is 9.10. The molecule has 1 aromatic heterocycles. The third-order valence-corrected chi connectivity index (χ3v) is 5.07. The van der Waals surface area contributed by atoms with Crippen LogP contribution in [0.4, 0.5) is 11.4 Å². The highest BCUT2D eigenvalue weighted by Gasteiger charge is 2.11. The molecule has 0 spiro atoms. The Morgan fingerprint density at radius 2 is 2.03 bits per heavy atom. The van der Waals surface area contributed by atoms with Crippen LogP contribution in [0.3, 0.4) is 0 Å². The molecule has 0 radical (unpaired) electrons.